The molecule has 1 aromatic heterocycles. The van der Waals surface area contributed by atoms with Gasteiger partial charge in [-0.2, -0.15) is 11.8 Å². The number of thioether (sulfide) groups is 1. The largest absolute Gasteiger partial charge is 0.326 e. The van der Waals surface area contributed by atoms with E-state index in [-0.39, 0.29) is 0 Å². The molecule has 0 saturated carbocycles. The summed E-state index contributed by atoms with van der Waals surface area (Å²) in [5.74, 6) is 1.10. The van der Waals surface area contributed by atoms with Crippen molar-refractivity contribution in [2.45, 2.75) is 12.3 Å². The average molecular weight is 223 g/mol. The maximum absolute atomic E-state index is 5.61. The molecule has 0 radical (unpaired) electrons. The van der Waals surface area contributed by atoms with E-state index in [2.05, 4.69) is 29.8 Å². The Balaban J connectivity index is 2.48. The summed E-state index contributed by atoms with van der Waals surface area (Å²) in [7, 11) is 0. The molecule has 3 heteroatoms. The Kier molecular flexibility index (Phi) is 3.11. The van der Waals surface area contributed by atoms with Crippen LogP contribution in [0.5, 0.6) is 0 Å². The number of hydrogen-bond donors (Lipinski definition) is 1. The summed E-state index contributed by atoms with van der Waals surface area (Å²) in [4.78, 5) is 0. The third-order valence-corrected chi connectivity index (χ3v) is 3.85. The molecule has 0 aliphatic carbocycles. The van der Waals surface area contributed by atoms with Gasteiger partial charge in [0.05, 0.1) is 0 Å². The minimum atomic E-state index is 0.631. The maximum Gasteiger partial charge on any atom is 0.0349 e. The summed E-state index contributed by atoms with van der Waals surface area (Å²) < 4.78 is 1.36. The molecule has 0 bridgehead atoms. The van der Waals surface area contributed by atoms with E-state index < -0.39 is 0 Å². The Hall–Kier alpha value is -0.510. The Morgan fingerprint density at radius 3 is 3.00 bits per heavy atom. The van der Waals surface area contributed by atoms with Crippen molar-refractivity contribution in [2.75, 3.05) is 6.26 Å². The van der Waals surface area contributed by atoms with Gasteiger partial charge < -0.3 is 5.73 Å². The molecule has 1 aromatic carbocycles. The van der Waals surface area contributed by atoms with Crippen molar-refractivity contribution in [3.8, 4) is 0 Å². The smallest absolute Gasteiger partial charge is 0.0349 e. The number of thiophene rings is 1. The lowest BCUT2D eigenvalue weighted by Crippen LogP contribution is -1.94. The van der Waals surface area contributed by atoms with Crippen LogP contribution in [0.1, 0.15) is 11.1 Å². The quantitative estimate of drug-likeness (QED) is 0.864. The first-order chi connectivity index (χ1) is 6.85. The van der Waals surface area contributed by atoms with Gasteiger partial charge in [0.25, 0.3) is 0 Å². The van der Waals surface area contributed by atoms with E-state index in [9.17, 15) is 0 Å². The molecule has 0 spiro atoms. The first kappa shape index (κ1) is 10.0. The van der Waals surface area contributed by atoms with Crippen LogP contribution in [-0.2, 0) is 12.3 Å². The van der Waals surface area contributed by atoms with Gasteiger partial charge in [-0.3, -0.25) is 0 Å². The van der Waals surface area contributed by atoms with Crippen LogP contribution >= 0.6 is 23.1 Å². The Morgan fingerprint density at radius 2 is 2.29 bits per heavy atom. The fourth-order valence-electron chi connectivity index (χ4n) is 1.52. The van der Waals surface area contributed by atoms with Crippen LogP contribution < -0.4 is 5.73 Å². The van der Waals surface area contributed by atoms with Gasteiger partial charge in [0, 0.05) is 17.0 Å². The second-order valence-corrected chi connectivity index (χ2v) is 5.01. The van der Waals surface area contributed by atoms with Crippen molar-refractivity contribution < 1.29 is 0 Å². The van der Waals surface area contributed by atoms with Crippen LogP contribution in [0.3, 0.4) is 0 Å². The highest BCUT2D eigenvalue weighted by atomic mass is 32.2. The molecule has 2 N–H and O–H groups in total. The lowest BCUT2D eigenvalue weighted by molar-refractivity contribution is 1.08. The number of rotatable bonds is 3. The SMILES string of the molecule is CSCc1csc2cc(CN)ccc12. The zero-order chi connectivity index (χ0) is 9.97. The summed E-state index contributed by atoms with van der Waals surface area (Å²) in [6.07, 6.45) is 2.14. The molecule has 0 unspecified atom stereocenters. The van der Waals surface area contributed by atoms with Crippen LogP contribution in [0.25, 0.3) is 10.1 Å². The third-order valence-electron chi connectivity index (χ3n) is 2.26. The summed E-state index contributed by atoms with van der Waals surface area (Å²) in [6, 6.07) is 6.52. The second kappa shape index (κ2) is 4.34. The minimum absolute atomic E-state index is 0.631. The highest BCUT2D eigenvalue weighted by Gasteiger charge is 2.03. The van der Waals surface area contributed by atoms with Crippen molar-refractivity contribution in [1.82, 2.24) is 0 Å². The number of fused-ring (bicyclic) bond motifs is 1. The van der Waals surface area contributed by atoms with Crippen LogP contribution in [-0.4, -0.2) is 6.26 Å². The molecule has 0 fully saturated rings. The summed E-state index contributed by atoms with van der Waals surface area (Å²) >= 11 is 3.68. The maximum atomic E-state index is 5.61. The molecule has 14 heavy (non-hydrogen) atoms. The van der Waals surface area contributed by atoms with Gasteiger partial charge in [0.2, 0.25) is 0 Å². The molecule has 2 aromatic rings. The first-order valence-electron chi connectivity index (χ1n) is 4.53. The van der Waals surface area contributed by atoms with E-state index in [4.69, 9.17) is 5.73 Å². The normalized spacial score (nSPS) is 11.0. The molecule has 0 aliphatic heterocycles. The monoisotopic (exact) mass is 223 g/mol. The molecule has 0 saturated heterocycles. The van der Waals surface area contributed by atoms with E-state index in [1.165, 1.54) is 21.2 Å². The second-order valence-electron chi connectivity index (χ2n) is 3.23. The molecule has 74 valence electrons. The molecule has 1 heterocycles. The number of benzene rings is 1. The predicted octanol–water partition coefficient (Wildman–Crippen LogP) is 3.22. The van der Waals surface area contributed by atoms with Crippen molar-refractivity contribution in [3.05, 3.63) is 34.7 Å². The van der Waals surface area contributed by atoms with Gasteiger partial charge in [-0.15, -0.1) is 11.3 Å². The van der Waals surface area contributed by atoms with Crippen LogP contribution in [0.4, 0.5) is 0 Å². The van der Waals surface area contributed by atoms with Crippen molar-refractivity contribution >= 4 is 33.2 Å². The van der Waals surface area contributed by atoms with E-state index in [0.717, 1.165) is 5.75 Å². The number of hydrogen-bond acceptors (Lipinski definition) is 3. The zero-order valence-corrected chi connectivity index (χ0v) is 9.75. The van der Waals surface area contributed by atoms with Gasteiger partial charge in [0.1, 0.15) is 0 Å². The summed E-state index contributed by atoms with van der Waals surface area (Å²) in [6.45, 7) is 0.631. The van der Waals surface area contributed by atoms with Crippen molar-refractivity contribution in [3.63, 3.8) is 0 Å². The third kappa shape index (κ3) is 1.80. The molecule has 0 aliphatic rings. The first-order valence-corrected chi connectivity index (χ1v) is 6.80. The van der Waals surface area contributed by atoms with E-state index >= 15 is 0 Å². The van der Waals surface area contributed by atoms with Gasteiger partial charge in [-0.1, -0.05) is 12.1 Å². The van der Waals surface area contributed by atoms with E-state index in [1.54, 1.807) is 0 Å². The van der Waals surface area contributed by atoms with Crippen LogP contribution in [0, 0.1) is 0 Å². The Morgan fingerprint density at radius 1 is 1.43 bits per heavy atom. The minimum Gasteiger partial charge on any atom is -0.326 e. The summed E-state index contributed by atoms with van der Waals surface area (Å²) in [5, 5.41) is 3.64. The topological polar surface area (TPSA) is 26.0 Å². The van der Waals surface area contributed by atoms with Crippen LogP contribution in [0.15, 0.2) is 23.6 Å². The van der Waals surface area contributed by atoms with Crippen molar-refractivity contribution in [2.24, 2.45) is 5.73 Å². The molecule has 0 amide bonds. The lowest BCUT2D eigenvalue weighted by atomic mass is 10.1. The van der Waals surface area contributed by atoms with Crippen molar-refractivity contribution in [1.29, 1.82) is 0 Å². The van der Waals surface area contributed by atoms with E-state index in [1.807, 2.05) is 23.1 Å². The zero-order valence-electron chi connectivity index (χ0n) is 8.12. The molecular formula is C11H13NS2. The molecule has 1 nitrogen and oxygen atoms in total. The average Bonchev–Trinajstić information content (AvgIpc) is 2.61. The van der Waals surface area contributed by atoms with Gasteiger partial charge in [-0.05, 0) is 34.2 Å². The predicted molar refractivity (Wildman–Crippen MR) is 66.9 cm³/mol. The summed E-state index contributed by atoms with van der Waals surface area (Å²) in [5.41, 5.74) is 8.27. The van der Waals surface area contributed by atoms with Gasteiger partial charge in [-0.25, -0.2) is 0 Å². The lowest BCUT2D eigenvalue weighted by Gasteiger charge is -1.98. The highest BCUT2D eigenvalue weighted by Crippen LogP contribution is 2.29. The fraction of sp³-hybridized carbons (Fsp3) is 0.273. The molecule has 2 rings (SSSR count). The fourth-order valence-corrected chi connectivity index (χ4v) is 3.20. The standard InChI is InChI=1S/C11H13NS2/c1-13-6-9-7-14-11-4-8(5-12)2-3-10(9)11/h2-4,7H,5-6,12H2,1H3. The number of nitrogens with two attached hydrogens (primary N) is 1. The Bertz CT molecular complexity index is 434. The molecule has 0 atom stereocenters. The van der Waals surface area contributed by atoms with E-state index in [0.29, 0.717) is 6.54 Å². The molecular weight excluding hydrogens is 210 g/mol. The van der Waals surface area contributed by atoms with Crippen LogP contribution in [0.2, 0.25) is 0 Å². The highest BCUT2D eigenvalue weighted by molar-refractivity contribution is 7.97. The van der Waals surface area contributed by atoms with Gasteiger partial charge in [0.15, 0.2) is 0 Å². The van der Waals surface area contributed by atoms with Gasteiger partial charge >= 0.3 is 0 Å². The Labute approximate surface area is 92.3 Å².